The fourth-order valence-corrected chi connectivity index (χ4v) is 6.36. The second-order valence-electron chi connectivity index (χ2n) is 13.3. The number of hydrogen-bond acceptors (Lipinski definition) is 10. The van der Waals surface area contributed by atoms with E-state index in [4.69, 9.17) is 21.4 Å². The van der Waals surface area contributed by atoms with Crippen molar-refractivity contribution in [3.05, 3.63) is 70.7 Å². The van der Waals surface area contributed by atoms with Crippen LogP contribution >= 0.6 is 0 Å². The summed E-state index contributed by atoms with van der Waals surface area (Å²) in [7, 11) is -2.22. The normalized spacial score (nSPS) is 16.8. The van der Waals surface area contributed by atoms with Crippen molar-refractivity contribution in [2.45, 2.75) is 70.8 Å². The molecule has 13 heteroatoms. The van der Waals surface area contributed by atoms with E-state index in [1.165, 1.54) is 17.8 Å². The van der Waals surface area contributed by atoms with Crippen LogP contribution in [-0.4, -0.2) is 50.6 Å². The molecule has 1 aliphatic carbocycles. The number of hydrogen-bond donors (Lipinski definition) is 4. The summed E-state index contributed by atoms with van der Waals surface area (Å²) in [6, 6.07) is 9.00. The topological polar surface area (TPSA) is 176 Å². The summed E-state index contributed by atoms with van der Waals surface area (Å²) >= 11 is 0. The second-order valence-corrected chi connectivity index (χ2v) is 15.0. The Labute approximate surface area is 271 Å². The van der Waals surface area contributed by atoms with E-state index in [-0.39, 0.29) is 22.5 Å². The summed E-state index contributed by atoms with van der Waals surface area (Å²) in [5.41, 5.74) is 11.8. The van der Waals surface area contributed by atoms with Crippen LogP contribution in [0.5, 0.6) is 5.75 Å². The van der Waals surface area contributed by atoms with E-state index >= 15 is 0 Å². The van der Waals surface area contributed by atoms with Crippen molar-refractivity contribution in [2.24, 2.45) is 16.6 Å². The molecule has 5 rings (SSSR count). The van der Waals surface area contributed by atoms with Crippen molar-refractivity contribution in [1.29, 1.82) is 0 Å². The van der Waals surface area contributed by atoms with Gasteiger partial charge in [-0.25, -0.2) is 14.3 Å². The number of ether oxygens (including phenoxy) is 1. The SMILES string of the molecule is COc1c(N=C([O-])c2ccc(C)c(N(N)/C=C(\N)c3cnn(C4CC4)c3C3CCNCC3)c2)cc(C(C)(C)C)cc1NS(C)(=O)=O. The number of nitrogens with one attached hydrogen (secondary N) is 2. The van der Waals surface area contributed by atoms with Crippen LogP contribution in [0.3, 0.4) is 0 Å². The third-order valence-electron chi connectivity index (χ3n) is 8.43. The number of sulfonamides is 1. The lowest BCUT2D eigenvalue weighted by Crippen LogP contribution is -2.29. The first-order valence-corrected chi connectivity index (χ1v) is 17.4. The first kappa shape index (κ1) is 33.3. The van der Waals surface area contributed by atoms with Gasteiger partial charge in [0.25, 0.3) is 0 Å². The van der Waals surface area contributed by atoms with Gasteiger partial charge in [-0.05, 0) is 91.9 Å². The molecule has 12 nitrogen and oxygen atoms in total. The molecule has 3 aromatic rings. The lowest BCUT2D eigenvalue weighted by atomic mass is 9.86. The Morgan fingerprint density at radius 1 is 1.20 bits per heavy atom. The van der Waals surface area contributed by atoms with Crippen LogP contribution in [0, 0.1) is 6.92 Å². The summed E-state index contributed by atoms with van der Waals surface area (Å²) in [5.74, 6) is 6.54. The zero-order valence-corrected chi connectivity index (χ0v) is 28.2. The Morgan fingerprint density at radius 3 is 2.50 bits per heavy atom. The highest BCUT2D eigenvalue weighted by molar-refractivity contribution is 7.92. The van der Waals surface area contributed by atoms with Crippen molar-refractivity contribution in [3.63, 3.8) is 0 Å². The number of aliphatic imine (C=N–C) groups is 1. The third kappa shape index (κ3) is 7.48. The van der Waals surface area contributed by atoms with Crippen LogP contribution in [0.15, 0.2) is 47.7 Å². The molecule has 2 aliphatic rings. The van der Waals surface area contributed by atoms with E-state index in [9.17, 15) is 13.5 Å². The molecule has 0 spiro atoms. The summed E-state index contributed by atoms with van der Waals surface area (Å²) < 4.78 is 34.4. The first-order valence-electron chi connectivity index (χ1n) is 15.5. The van der Waals surface area contributed by atoms with E-state index in [0.29, 0.717) is 28.9 Å². The average molecular weight is 650 g/mol. The van der Waals surface area contributed by atoms with Gasteiger partial charge in [0.1, 0.15) is 5.69 Å². The lowest BCUT2D eigenvalue weighted by Gasteiger charge is -2.25. The van der Waals surface area contributed by atoms with Gasteiger partial charge in [-0.15, -0.1) is 0 Å². The van der Waals surface area contributed by atoms with Crippen LogP contribution in [0.25, 0.3) is 5.70 Å². The minimum Gasteiger partial charge on any atom is -0.858 e. The Bertz CT molecular complexity index is 1760. The summed E-state index contributed by atoms with van der Waals surface area (Å²) in [4.78, 5) is 4.38. The maximum atomic E-state index is 13.6. The van der Waals surface area contributed by atoms with Gasteiger partial charge in [-0.2, -0.15) is 5.10 Å². The Balaban J connectivity index is 1.49. The van der Waals surface area contributed by atoms with Crippen molar-refractivity contribution < 1.29 is 18.3 Å². The molecule has 1 saturated heterocycles. The van der Waals surface area contributed by atoms with Crippen LogP contribution in [0.4, 0.5) is 17.1 Å². The molecule has 46 heavy (non-hydrogen) atoms. The maximum absolute atomic E-state index is 13.6. The van der Waals surface area contributed by atoms with Gasteiger partial charge in [0.2, 0.25) is 10.0 Å². The second kappa shape index (κ2) is 13.0. The highest BCUT2D eigenvalue weighted by Crippen LogP contribution is 2.42. The molecular weight excluding hydrogens is 604 g/mol. The maximum Gasteiger partial charge on any atom is 0.229 e. The molecule has 0 radical (unpaired) electrons. The van der Waals surface area contributed by atoms with E-state index in [0.717, 1.165) is 61.7 Å². The molecule has 1 saturated carbocycles. The third-order valence-corrected chi connectivity index (χ3v) is 9.02. The van der Waals surface area contributed by atoms with Gasteiger partial charge in [-0.1, -0.05) is 32.9 Å². The predicted octanol–water partition coefficient (Wildman–Crippen LogP) is 3.75. The number of rotatable bonds is 10. The van der Waals surface area contributed by atoms with Crippen LogP contribution < -0.4 is 36.5 Å². The van der Waals surface area contributed by atoms with Gasteiger partial charge < -0.3 is 20.9 Å². The van der Waals surface area contributed by atoms with E-state index in [1.54, 1.807) is 36.5 Å². The van der Waals surface area contributed by atoms with E-state index in [1.807, 2.05) is 33.9 Å². The number of hydrazine groups is 1. The molecular formula is C33H45N8O4S-. The van der Waals surface area contributed by atoms with Gasteiger partial charge in [0, 0.05) is 17.7 Å². The van der Waals surface area contributed by atoms with Gasteiger partial charge in [0.05, 0.1) is 48.4 Å². The predicted molar refractivity (Wildman–Crippen MR) is 182 cm³/mol. The van der Waals surface area contributed by atoms with Crippen molar-refractivity contribution in [2.75, 3.05) is 36.2 Å². The Morgan fingerprint density at radius 2 is 1.89 bits per heavy atom. The standard InChI is InChI=1S/C33H46N8O4S/c1-20-7-8-22(32(42)38-27-16-23(33(2,3)4)17-28(31(27)45-5)39-46(6,43)44)15-29(20)40(35)19-26(34)25-18-37-41(24-9-10-24)30(25)21-11-13-36-14-12-21/h7-8,15-19,21,24,36,39H,9-14,34-35H2,1-6H3,(H,38,42)/p-1/b26-19-. The first-order chi connectivity index (χ1) is 21.7. The summed E-state index contributed by atoms with van der Waals surface area (Å²) in [5, 5.41) is 23.2. The van der Waals surface area contributed by atoms with Crippen LogP contribution in [0.1, 0.15) is 86.4 Å². The molecule has 2 aromatic carbocycles. The molecule has 0 bridgehead atoms. The van der Waals surface area contributed by atoms with E-state index < -0.39 is 15.9 Å². The number of nitrogens with zero attached hydrogens (tertiary/aromatic N) is 4. The number of aromatic nitrogens is 2. The molecule has 6 N–H and O–H groups in total. The van der Waals surface area contributed by atoms with Gasteiger partial charge in [-0.3, -0.25) is 19.4 Å². The number of benzene rings is 2. The quantitative estimate of drug-likeness (QED) is 0.110. The number of nitrogens with two attached hydrogens (primary N) is 2. The number of methoxy groups -OCH3 is 1. The van der Waals surface area contributed by atoms with Crippen molar-refractivity contribution in [1.82, 2.24) is 15.1 Å². The number of piperidine rings is 1. The zero-order valence-electron chi connectivity index (χ0n) is 27.4. The van der Waals surface area contributed by atoms with Crippen molar-refractivity contribution >= 4 is 38.7 Å². The van der Waals surface area contributed by atoms with Crippen molar-refractivity contribution in [3.8, 4) is 5.75 Å². The highest BCUT2D eigenvalue weighted by atomic mass is 32.2. The Kier molecular flexibility index (Phi) is 9.39. The van der Waals surface area contributed by atoms with Gasteiger partial charge in [0.15, 0.2) is 5.75 Å². The molecule has 0 amide bonds. The van der Waals surface area contributed by atoms with E-state index in [2.05, 4.69) is 19.7 Å². The smallest absolute Gasteiger partial charge is 0.229 e. The molecule has 2 fully saturated rings. The fraction of sp³-hybridized carbons (Fsp3) is 0.455. The lowest BCUT2D eigenvalue weighted by molar-refractivity contribution is -0.212. The molecule has 0 unspecified atom stereocenters. The van der Waals surface area contributed by atoms with Gasteiger partial charge >= 0.3 is 0 Å². The summed E-state index contributed by atoms with van der Waals surface area (Å²) in [6.45, 7) is 9.77. The molecule has 1 aliphatic heterocycles. The number of aryl methyl sites for hydroxylation is 1. The fourth-order valence-electron chi connectivity index (χ4n) is 5.81. The minimum absolute atomic E-state index is 0.145. The largest absolute Gasteiger partial charge is 0.858 e. The number of anilines is 2. The summed E-state index contributed by atoms with van der Waals surface area (Å²) in [6.07, 6.45) is 8.86. The van der Waals surface area contributed by atoms with Crippen LogP contribution in [-0.2, 0) is 15.4 Å². The molecule has 2 heterocycles. The highest BCUT2D eigenvalue weighted by Gasteiger charge is 2.32. The monoisotopic (exact) mass is 649 g/mol. The minimum atomic E-state index is -3.63. The molecule has 0 atom stereocenters. The average Bonchev–Trinajstić information content (AvgIpc) is 3.73. The zero-order chi connectivity index (χ0) is 33.4. The molecule has 1 aromatic heterocycles. The Hall–Kier alpha value is -4.07. The molecule has 248 valence electrons. The van der Waals surface area contributed by atoms with Crippen LogP contribution in [0.2, 0.25) is 0 Å².